The van der Waals surface area contributed by atoms with E-state index in [1.807, 2.05) is 23.8 Å². The van der Waals surface area contributed by atoms with Gasteiger partial charge in [-0.25, -0.2) is 0 Å². The Morgan fingerprint density at radius 2 is 2.36 bits per heavy atom. The van der Waals surface area contributed by atoms with Crippen molar-refractivity contribution in [3.8, 4) is 6.07 Å². The second kappa shape index (κ2) is 4.77. The van der Waals surface area contributed by atoms with Crippen molar-refractivity contribution < 1.29 is 4.79 Å². The molecular weight excluding hydrogens is 196 g/mol. The number of carbonyl (C=O) groups is 1. The van der Waals surface area contributed by atoms with Crippen molar-refractivity contribution >= 4 is 17.2 Å². The lowest BCUT2D eigenvalue weighted by atomic mass is 10.2. The van der Waals surface area contributed by atoms with E-state index in [9.17, 15) is 4.79 Å². The van der Waals surface area contributed by atoms with E-state index in [1.54, 1.807) is 11.9 Å². The van der Waals surface area contributed by atoms with Crippen LogP contribution in [0.5, 0.6) is 0 Å². The highest BCUT2D eigenvalue weighted by Crippen LogP contribution is 2.15. The third-order valence-corrected chi connectivity index (χ3v) is 2.85. The van der Waals surface area contributed by atoms with E-state index in [-0.39, 0.29) is 5.91 Å². The molecule has 0 aromatic carbocycles. The first-order valence-corrected chi connectivity index (χ1v) is 5.26. The second-order valence-corrected chi connectivity index (χ2v) is 3.85. The van der Waals surface area contributed by atoms with Crippen LogP contribution in [0.4, 0.5) is 0 Å². The number of amides is 1. The van der Waals surface area contributed by atoms with Crippen LogP contribution in [0.1, 0.15) is 22.3 Å². The predicted octanol–water partition coefficient (Wildman–Crippen LogP) is 2.04. The van der Waals surface area contributed by atoms with Gasteiger partial charge in [0, 0.05) is 19.0 Å². The standard InChI is InChI=1S/C10H12N2OS/c1-8-6-14-7-9(8)10(13)12(2)5-3-4-11/h6-7H,3,5H2,1-2H3. The summed E-state index contributed by atoms with van der Waals surface area (Å²) < 4.78 is 0. The molecule has 1 amide bonds. The number of hydrogen-bond acceptors (Lipinski definition) is 3. The van der Waals surface area contributed by atoms with Crippen LogP contribution in [0.25, 0.3) is 0 Å². The van der Waals surface area contributed by atoms with Crippen molar-refractivity contribution in [3.63, 3.8) is 0 Å². The molecule has 3 nitrogen and oxygen atoms in total. The highest BCUT2D eigenvalue weighted by Gasteiger charge is 2.13. The molecule has 0 spiro atoms. The van der Waals surface area contributed by atoms with Gasteiger partial charge in [-0.2, -0.15) is 16.6 Å². The molecule has 0 aliphatic carbocycles. The monoisotopic (exact) mass is 208 g/mol. The number of hydrogen-bond donors (Lipinski definition) is 0. The Kier molecular flexibility index (Phi) is 3.66. The molecule has 0 saturated carbocycles. The molecule has 0 atom stereocenters. The zero-order valence-electron chi connectivity index (χ0n) is 8.28. The van der Waals surface area contributed by atoms with Crippen LogP contribution in [-0.2, 0) is 0 Å². The average Bonchev–Trinajstić information content (AvgIpc) is 2.59. The largest absolute Gasteiger partial charge is 0.341 e. The van der Waals surface area contributed by atoms with Gasteiger partial charge < -0.3 is 4.90 Å². The van der Waals surface area contributed by atoms with Crippen molar-refractivity contribution in [2.45, 2.75) is 13.3 Å². The first-order valence-electron chi connectivity index (χ1n) is 4.32. The maximum absolute atomic E-state index is 11.8. The van der Waals surface area contributed by atoms with Gasteiger partial charge in [0.25, 0.3) is 5.91 Å². The van der Waals surface area contributed by atoms with Crippen molar-refractivity contribution in [2.75, 3.05) is 13.6 Å². The molecule has 0 bridgehead atoms. The summed E-state index contributed by atoms with van der Waals surface area (Å²) in [5.41, 5.74) is 1.75. The Balaban J connectivity index is 2.67. The summed E-state index contributed by atoms with van der Waals surface area (Å²) in [6.07, 6.45) is 0.380. The van der Waals surface area contributed by atoms with Crippen LogP contribution >= 0.6 is 11.3 Å². The maximum Gasteiger partial charge on any atom is 0.254 e. The Labute approximate surface area is 87.6 Å². The lowest BCUT2D eigenvalue weighted by Crippen LogP contribution is -2.27. The molecule has 74 valence electrons. The van der Waals surface area contributed by atoms with Crippen LogP contribution < -0.4 is 0 Å². The molecule has 1 rings (SSSR count). The van der Waals surface area contributed by atoms with Gasteiger partial charge in [0.1, 0.15) is 0 Å². The van der Waals surface area contributed by atoms with E-state index < -0.39 is 0 Å². The number of nitrogens with zero attached hydrogens (tertiary/aromatic N) is 2. The summed E-state index contributed by atoms with van der Waals surface area (Å²) in [5, 5.41) is 12.2. The lowest BCUT2D eigenvalue weighted by Gasteiger charge is -2.14. The van der Waals surface area contributed by atoms with Crippen LogP contribution in [0, 0.1) is 18.3 Å². The third kappa shape index (κ3) is 2.33. The number of nitriles is 1. The summed E-state index contributed by atoms with van der Waals surface area (Å²) in [6.45, 7) is 2.41. The fourth-order valence-electron chi connectivity index (χ4n) is 1.10. The van der Waals surface area contributed by atoms with Crippen LogP contribution in [0.2, 0.25) is 0 Å². The van der Waals surface area contributed by atoms with E-state index >= 15 is 0 Å². The van der Waals surface area contributed by atoms with Crippen LogP contribution in [-0.4, -0.2) is 24.4 Å². The summed E-state index contributed by atoms with van der Waals surface area (Å²) >= 11 is 1.52. The van der Waals surface area contributed by atoms with E-state index in [4.69, 9.17) is 5.26 Å². The zero-order chi connectivity index (χ0) is 10.6. The molecule has 4 heteroatoms. The predicted molar refractivity (Wildman–Crippen MR) is 56.2 cm³/mol. The number of aryl methyl sites for hydroxylation is 1. The molecule has 0 saturated heterocycles. The highest BCUT2D eigenvalue weighted by atomic mass is 32.1. The first-order chi connectivity index (χ1) is 6.66. The van der Waals surface area contributed by atoms with Crippen molar-refractivity contribution in [1.29, 1.82) is 5.26 Å². The minimum absolute atomic E-state index is 0.000926. The molecule has 0 aliphatic heterocycles. The molecule has 0 fully saturated rings. The molecule has 14 heavy (non-hydrogen) atoms. The summed E-state index contributed by atoms with van der Waals surface area (Å²) in [6, 6.07) is 2.02. The van der Waals surface area contributed by atoms with E-state index in [1.165, 1.54) is 11.3 Å². The van der Waals surface area contributed by atoms with Gasteiger partial charge in [-0.1, -0.05) is 0 Å². The lowest BCUT2D eigenvalue weighted by molar-refractivity contribution is 0.0798. The van der Waals surface area contributed by atoms with E-state index in [0.29, 0.717) is 13.0 Å². The third-order valence-electron chi connectivity index (χ3n) is 1.99. The van der Waals surface area contributed by atoms with Gasteiger partial charge in [0.15, 0.2) is 0 Å². The molecule has 0 N–H and O–H groups in total. The van der Waals surface area contributed by atoms with Crippen molar-refractivity contribution in [1.82, 2.24) is 4.90 Å². The first kappa shape index (κ1) is 10.7. The number of thiophene rings is 1. The molecule has 1 aromatic rings. The molecule has 1 aromatic heterocycles. The molecule has 1 heterocycles. The van der Waals surface area contributed by atoms with Gasteiger partial charge >= 0.3 is 0 Å². The fraction of sp³-hybridized carbons (Fsp3) is 0.400. The minimum atomic E-state index is -0.000926. The number of carbonyl (C=O) groups excluding carboxylic acids is 1. The average molecular weight is 208 g/mol. The van der Waals surface area contributed by atoms with E-state index in [0.717, 1.165) is 11.1 Å². The van der Waals surface area contributed by atoms with Crippen LogP contribution in [0.15, 0.2) is 10.8 Å². The van der Waals surface area contributed by atoms with Gasteiger partial charge in [-0.3, -0.25) is 4.79 Å². The Bertz CT molecular complexity index is 364. The van der Waals surface area contributed by atoms with Gasteiger partial charge in [0.2, 0.25) is 0 Å². The molecular formula is C10H12N2OS. The Morgan fingerprint density at radius 3 is 2.86 bits per heavy atom. The SMILES string of the molecule is Cc1cscc1C(=O)N(C)CCC#N. The summed E-state index contributed by atoms with van der Waals surface area (Å²) in [5.74, 6) is -0.000926. The number of rotatable bonds is 3. The maximum atomic E-state index is 11.8. The zero-order valence-corrected chi connectivity index (χ0v) is 9.10. The molecule has 0 radical (unpaired) electrons. The second-order valence-electron chi connectivity index (χ2n) is 3.10. The summed E-state index contributed by atoms with van der Waals surface area (Å²) in [7, 11) is 1.72. The quantitative estimate of drug-likeness (QED) is 0.763. The van der Waals surface area contributed by atoms with Gasteiger partial charge in [-0.05, 0) is 17.9 Å². The van der Waals surface area contributed by atoms with Crippen LogP contribution in [0.3, 0.4) is 0 Å². The normalized spacial score (nSPS) is 9.50. The van der Waals surface area contributed by atoms with Gasteiger partial charge in [0.05, 0.1) is 18.1 Å². The van der Waals surface area contributed by atoms with E-state index in [2.05, 4.69) is 0 Å². The van der Waals surface area contributed by atoms with Crippen molar-refractivity contribution in [2.24, 2.45) is 0 Å². The molecule has 0 aliphatic rings. The highest BCUT2D eigenvalue weighted by molar-refractivity contribution is 7.08. The minimum Gasteiger partial charge on any atom is -0.341 e. The van der Waals surface area contributed by atoms with Gasteiger partial charge in [-0.15, -0.1) is 0 Å². The smallest absolute Gasteiger partial charge is 0.254 e. The summed E-state index contributed by atoms with van der Waals surface area (Å²) in [4.78, 5) is 13.3. The molecule has 0 unspecified atom stereocenters. The van der Waals surface area contributed by atoms with Crippen molar-refractivity contribution in [3.05, 3.63) is 21.9 Å². The topological polar surface area (TPSA) is 44.1 Å². The Hall–Kier alpha value is -1.34. The fourth-order valence-corrected chi connectivity index (χ4v) is 1.93. The Morgan fingerprint density at radius 1 is 1.64 bits per heavy atom.